The lowest BCUT2D eigenvalue weighted by molar-refractivity contribution is 0.457. The van der Waals surface area contributed by atoms with Crippen molar-refractivity contribution < 1.29 is 4.74 Å². The highest BCUT2D eigenvalue weighted by Crippen LogP contribution is 2.30. The number of ether oxygens (including phenoxy) is 1. The summed E-state index contributed by atoms with van der Waals surface area (Å²) in [6.07, 6.45) is 3.18. The molecule has 0 atom stereocenters. The third kappa shape index (κ3) is 3.75. The number of fused-ring (bicyclic) bond motifs is 2. The van der Waals surface area contributed by atoms with Crippen LogP contribution in [-0.2, 0) is 7.05 Å². The van der Waals surface area contributed by atoms with Gasteiger partial charge in [-0.15, -0.1) is 0 Å². The summed E-state index contributed by atoms with van der Waals surface area (Å²) in [4.78, 5) is 23.0. The minimum Gasteiger partial charge on any atom is -0.438 e. The Hall–Kier alpha value is -4.70. The van der Waals surface area contributed by atoms with Crippen LogP contribution in [0, 0.1) is 32.1 Å². The summed E-state index contributed by atoms with van der Waals surface area (Å²) in [7, 11) is 1.85. The Morgan fingerprint density at radius 2 is 1.77 bits per heavy atom. The topological polar surface area (TPSA) is 85.2 Å². The minimum absolute atomic E-state index is 0.143. The molecule has 0 aliphatic heterocycles. The Labute approximate surface area is 202 Å². The van der Waals surface area contributed by atoms with Crippen LogP contribution in [0.3, 0.4) is 0 Å². The van der Waals surface area contributed by atoms with Crippen LogP contribution in [0.4, 0.5) is 0 Å². The molecular weight excluding hydrogens is 438 g/mol. The molecule has 5 aromatic rings. The Bertz CT molecular complexity index is 1750. The number of hydrogen-bond donors (Lipinski definition) is 0. The summed E-state index contributed by atoms with van der Waals surface area (Å²) in [5.41, 5.74) is 5.08. The molecule has 0 unspecified atom stereocenters. The largest absolute Gasteiger partial charge is 0.438 e. The zero-order valence-electron chi connectivity index (χ0n) is 19.9. The van der Waals surface area contributed by atoms with Gasteiger partial charge in [-0.2, -0.15) is 10.2 Å². The first kappa shape index (κ1) is 22.1. The number of hydrogen-bond acceptors (Lipinski definition) is 5. The third-order valence-corrected chi connectivity index (χ3v) is 6.25. The maximum absolute atomic E-state index is 13.6. The molecule has 7 heteroatoms. The number of nitrogens with zero attached hydrogens (tertiary/aromatic N) is 5. The molecule has 0 spiro atoms. The summed E-state index contributed by atoms with van der Waals surface area (Å²) < 4.78 is 9.54. The summed E-state index contributed by atoms with van der Waals surface area (Å²) in [5, 5.41) is 10.1. The molecule has 0 radical (unpaired) electrons. The number of aryl methyl sites for hydroxylation is 3. The Kier molecular flexibility index (Phi) is 5.42. The standard InChI is InChI=1S/C28H23N5O2/c1-17-9-7-13-24(19(17)3)35-27-21(28(34)33-14-8-10-18(2)25(33)31-27)15-20(16-29)26-30-22-11-5-6-12-23(22)32(26)4/h5-15H,1-4H3. The smallest absolute Gasteiger partial charge is 0.269 e. The Morgan fingerprint density at radius 1 is 1.00 bits per heavy atom. The highest BCUT2D eigenvalue weighted by Gasteiger charge is 2.19. The molecule has 0 aliphatic carbocycles. The molecule has 0 saturated carbocycles. The molecule has 0 N–H and O–H groups in total. The van der Waals surface area contributed by atoms with E-state index in [0.717, 1.165) is 27.7 Å². The van der Waals surface area contributed by atoms with E-state index in [4.69, 9.17) is 9.72 Å². The summed E-state index contributed by atoms with van der Waals surface area (Å²) in [6, 6.07) is 19.3. The van der Waals surface area contributed by atoms with E-state index in [0.29, 0.717) is 17.2 Å². The maximum Gasteiger partial charge on any atom is 0.269 e. The van der Waals surface area contributed by atoms with Crippen molar-refractivity contribution in [2.45, 2.75) is 20.8 Å². The fourth-order valence-electron chi connectivity index (χ4n) is 4.11. The highest BCUT2D eigenvalue weighted by molar-refractivity contribution is 5.91. The van der Waals surface area contributed by atoms with Crippen LogP contribution in [0.1, 0.15) is 28.1 Å². The van der Waals surface area contributed by atoms with E-state index in [1.165, 1.54) is 10.5 Å². The average molecular weight is 462 g/mol. The predicted octanol–water partition coefficient (Wildman–Crippen LogP) is 5.36. The van der Waals surface area contributed by atoms with E-state index < -0.39 is 0 Å². The first-order valence-corrected chi connectivity index (χ1v) is 11.2. The van der Waals surface area contributed by atoms with Crippen LogP contribution < -0.4 is 10.3 Å². The van der Waals surface area contributed by atoms with Gasteiger partial charge in [0.15, 0.2) is 5.82 Å². The molecule has 0 bridgehead atoms. The second-order valence-electron chi connectivity index (χ2n) is 8.47. The second kappa shape index (κ2) is 8.58. The van der Waals surface area contributed by atoms with Crippen molar-refractivity contribution in [1.29, 1.82) is 5.26 Å². The highest BCUT2D eigenvalue weighted by atomic mass is 16.5. The number of pyridine rings is 1. The SMILES string of the molecule is Cc1cccc(Oc2nc3c(C)cccn3c(=O)c2C=C(C#N)c2nc3ccccc3n2C)c1C. The monoisotopic (exact) mass is 461 g/mol. The van der Waals surface area contributed by atoms with E-state index >= 15 is 0 Å². The minimum atomic E-state index is -0.328. The zero-order valence-corrected chi connectivity index (χ0v) is 19.9. The molecule has 0 fully saturated rings. The van der Waals surface area contributed by atoms with Gasteiger partial charge in [-0.1, -0.05) is 30.3 Å². The van der Waals surface area contributed by atoms with E-state index in [-0.39, 0.29) is 22.6 Å². The van der Waals surface area contributed by atoms with Gasteiger partial charge in [-0.3, -0.25) is 9.20 Å². The van der Waals surface area contributed by atoms with Gasteiger partial charge in [-0.05, 0) is 67.8 Å². The fourth-order valence-corrected chi connectivity index (χ4v) is 4.11. The fraction of sp³-hybridized carbons (Fsp3) is 0.143. The van der Waals surface area contributed by atoms with Gasteiger partial charge in [0.1, 0.15) is 23.0 Å². The van der Waals surface area contributed by atoms with Crippen molar-refractivity contribution in [2.24, 2.45) is 7.05 Å². The van der Waals surface area contributed by atoms with Crippen LogP contribution in [0.15, 0.2) is 65.6 Å². The maximum atomic E-state index is 13.6. The third-order valence-electron chi connectivity index (χ3n) is 6.25. The number of aromatic nitrogens is 4. The van der Waals surface area contributed by atoms with E-state index in [1.807, 2.05) is 80.9 Å². The molecule has 172 valence electrons. The van der Waals surface area contributed by atoms with E-state index in [2.05, 4.69) is 11.1 Å². The molecule has 5 rings (SSSR count). The summed E-state index contributed by atoms with van der Waals surface area (Å²) in [6.45, 7) is 5.84. The lowest BCUT2D eigenvalue weighted by Gasteiger charge is -2.14. The van der Waals surface area contributed by atoms with Gasteiger partial charge in [0, 0.05) is 13.2 Å². The first-order chi connectivity index (χ1) is 16.9. The molecule has 0 saturated heterocycles. The summed E-state index contributed by atoms with van der Waals surface area (Å²) in [5.74, 6) is 1.20. The summed E-state index contributed by atoms with van der Waals surface area (Å²) >= 11 is 0. The molecule has 7 nitrogen and oxygen atoms in total. The van der Waals surface area contributed by atoms with Gasteiger partial charge in [0.05, 0.1) is 16.6 Å². The average Bonchev–Trinajstić information content (AvgIpc) is 3.19. The second-order valence-corrected chi connectivity index (χ2v) is 8.47. The van der Waals surface area contributed by atoms with Gasteiger partial charge in [0.25, 0.3) is 5.56 Å². The number of para-hydroxylation sites is 2. The number of nitriles is 1. The van der Waals surface area contributed by atoms with Gasteiger partial charge < -0.3 is 9.30 Å². The Morgan fingerprint density at radius 3 is 2.54 bits per heavy atom. The van der Waals surface area contributed by atoms with Crippen LogP contribution in [-0.4, -0.2) is 18.9 Å². The molecule has 35 heavy (non-hydrogen) atoms. The molecule has 2 aromatic carbocycles. The van der Waals surface area contributed by atoms with Gasteiger partial charge in [0.2, 0.25) is 5.88 Å². The van der Waals surface area contributed by atoms with Crippen LogP contribution >= 0.6 is 0 Å². The van der Waals surface area contributed by atoms with Crippen molar-refractivity contribution in [3.63, 3.8) is 0 Å². The Balaban J connectivity index is 1.77. The van der Waals surface area contributed by atoms with Crippen molar-refractivity contribution in [1.82, 2.24) is 18.9 Å². The van der Waals surface area contributed by atoms with Crippen LogP contribution in [0.5, 0.6) is 11.6 Å². The van der Waals surface area contributed by atoms with Gasteiger partial charge in [-0.25, -0.2) is 4.98 Å². The van der Waals surface area contributed by atoms with Crippen molar-refractivity contribution in [3.05, 3.63) is 99.2 Å². The lowest BCUT2D eigenvalue weighted by atomic mass is 10.1. The number of rotatable bonds is 4. The number of allylic oxidation sites excluding steroid dienone is 1. The molecular formula is C28H23N5O2. The van der Waals surface area contributed by atoms with Crippen molar-refractivity contribution >= 4 is 28.3 Å². The van der Waals surface area contributed by atoms with Crippen LogP contribution in [0.25, 0.3) is 28.3 Å². The molecule has 3 heterocycles. The van der Waals surface area contributed by atoms with E-state index in [9.17, 15) is 10.1 Å². The van der Waals surface area contributed by atoms with Crippen molar-refractivity contribution in [3.8, 4) is 17.7 Å². The van der Waals surface area contributed by atoms with Gasteiger partial charge >= 0.3 is 0 Å². The molecule has 3 aromatic heterocycles. The normalized spacial score (nSPS) is 11.7. The first-order valence-electron chi connectivity index (χ1n) is 11.2. The predicted molar refractivity (Wildman–Crippen MR) is 136 cm³/mol. The number of imidazole rings is 1. The van der Waals surface area contributed by atoms with Crippen molar-refractivity contribution in [2.75, 3.05) is 0 Å². The number of benzene rings is 2. The lowest BCUT2D eigenvalue weighted by Crippen LogP contribution is -2.19. The van der Waals surface area contributed by atoms with Crippen LogP contribution in [0.2, 0.25) is 0 Å². The van der Waals surface area contributed by atoms with E-state index in [1.54, 1.807) is 12.3 Å². The quantitative estimate of drug-likeness (QED) is 0.336. The molecule has 0 amide bonds. The molecule has 0 aliphatic rings. The zero-order chi connectivity index (χ0) is 24.7.